The van der Waals surface area contributed by atoms with Crippen molar-refractivity contribution in [3.63, 3.8) is 0 Å². The Hall–Kier alpha value is -0.980. The normalized spacial score (nSPS) is 22.1. The summed E-state index contributed by atoms with van der Waals surface area (Å²) in [6.45, 7) is 9.49. The first-order valence-electron chi connectivity index (χ1n) is 5.87. The fourth-order valence-electron chi connectivity index (χ4n) is 2.34. The van der Waals surface area contributed by atoms with Crippen molar-refractivity contribution in [2.75, 3.05) is 18.0 Å². The summed E-state index contributed by atoms with van der Waals surface area (Å²) in [5, 5.41) is 0. The molecule has 1 atom stereocenters. The van der Waals surface area contributed by atoms with Crippen LogP contribution in [0.15, 0.2) is 30.3 Å². The summed E-state index contributed by atoms with van der Waals surface area (Å²) >= 11 is 0. The highest BCUT2D eigenvalue weighted by molar-refractivity contribution is 5.46. The van der Waals surface area contributed by atoms with Crippen molar-refractivity contribution >= 4 is 5.69 Å². The Balaban J connectivity index is 2.05. The summed E-state index contributed by atoms with van der Waals surface area (Å²) in [6, 6.07) is 10.8. The Morgan fingerprint density at radius 3 is 2.33 bits per heavy atom. The number of benzene rings is 1. The third-order valence-electron chi connectivity index (χ3n) is 3.53. The summed E-state index contributed by atoms with van der Waals surface area (Å²) in [7, 11) is 0. The second-order valence-corrected chi connectivity index (χ2v) is 5.63. The smallest absolute Gasteiger partial charge is 0.0366 e. The zero-order chi connectivity index (χ0) is 10.9. The van der Waals surface area contributed by atoms with Crippen molar-refractivity contribution in [3.8, 4) is 0 Å². The molecule has 1 heterocycles. The number of hydrogen-bond acceptors (Lipinski definition) is 1. The van der Waals surface area contributed by atoms with Gasteiger partial charge in [0.25, 0.3) is 0 Å². The van der Waals surface area contributed by atoms with E-state index in [0.717, 1.165) is 5.92 Å². The third-order valence-corrected chi connectivity index (χ3v) is 3.53. The highest BCUT2D eigenvalue weighted by atomic mass is 15.2. The van der Waals surface area contributed by atoms with E-state index in [9.17, 15) is 0 Å². The Kier molecular flexibility index (Phi) is 2.72. The summed E-state index contributed by atoms with van der Waals surface area (Å²) in [6.07, 6.45) is 1.33. The zero-order valence-electron chi connectivity index (χ0n) is 10.0. The average molecular weight is 203 g/mol. The van der Waals surface area contributed by atoms with Gasteiger partial charge in [-0.15, -0.1) is 0 Å². The molecule has 0 amide bonds. The lowest BCUT2D eigenvalue weighted by atomic mass is 9.80. The number of rotatable bonds is 1. The molecule has 82 valence electrons. The van der Waals surface area contributed by atoms with E-state index in [1.54, 1.807) is 0 Å². The van der Waals surface area contributed by atoms with Crippen LogP contribution < -0.4 is 4.90 Å². The standard InChI is InChI=1S/C14H21N/c1-14(2,3)12-9-10-15(11-12)13-7-5-4-6-8-13/h4-8,12H,9-11H2,1-3H3. The molecule has 1 saturated heterocycles. The summed E-state index contributed by atoms with van der Waals surface area (Å²) in [4.78, 5) is 2.51. The van der Waals surface area contributed by atoms with Crippen molar-refractivity contribution in [1.29, 1.82) is 0 Å². The summed E-state index contributed by atoms with van der Waals surface area (Å²) in [5.74, 6) is 0.831. The van der Waals surface area contributed by atoms with Crippen molar-refractivity contribution in [3.05, 3.63) is 30.3 Å². The molecule has 0 radical (unpaired) electrons. The number of nitrogens with zero attached hydrogens (tertiary/aromatic N) is 1. The molecule has 15 heavy (non-hydrogen) atoms. The zero-order valence-corrected chi connectivity index (χ0v) is 10.0. The van der Waals surface area contributed by atoms with E-state index < -0.39 is 0 Å². The van der Waals surface area contributed by atoms with Gasteiger partial charge in [-0.2, -0.15) is 0 Å². The van der Waals surface area contributed by atoms with Crippen LogP contribution in [0.1, 0.15) is 27.2 Å². The van der Waals surface area contributed by atoms with Crippen LogP contribution in [0.5, 0.6) is 0 Å². The van der Waals surface area contributed by atoms with Gasteiger partial charge in [0.15, 0.2) is 0 Å². The molecule has 0 N–H and O–H groups in total. The molecule has 1 aliphatic rings. The first kappa shape index (κ1) is 10.5. The van der Waals surface area contributed by atoms with Gasteiger partial charge in [0.1, 0.15) is 0 Å². The average Bonchev–Trinajstić information content (AvgIpc) is 2.67. The van der Waals surface area contributed by atoms with Crippen LogP contribution in [0.3, 0.4) is 0 Å². The lowest BCUT2D eigenvalue weighted by Gasteiger charge is -2.27. The summed E-state index contributed by atoms with van der Waals surface area (Å²) < 4.78 is 0. The summed E-state index contributed by atoms with van der Waals surface area (Å²) in [5.41, 5.74) is 1.83. The highest BCUT2D eigenvalue weighted by Crippen LogP contribution is 2.35. The lowest BCUT2D eigenvalue weighted by molar-refractivity contribution is 0.263. The van der Waals surface area contributed by atoms with Gasteiger partial charge in [-0.3, -0.25) is 0 Å². The minimum Gasteiger partial charge on any atom is -0.371 e. The molecule has 1 heteroatoms. The van der Waals surface area contributed by atoms with Gasteiger partial charge >= 0.3 is 0 Å². The van der Waals surface area contributed by atoms with E-state index in [4.69, 9.17) is 0 Å². The number of anilines is 1. The van der Waals surface area contributed by atoms with Gasteiger partial charge in [-0.25, -0.2) is 0 Å². The van der Waals surface area contributed by atoms with E-state index >= 15 is 0 Å². The second-order valence-electron chi connectivity index (χ2n) is 5.63. The minimum absolute atomic E-state index is 0.448. The van der Waals surface area contributed by atoms with E-state index in [1.807, 2.05) is 0 Å². The van der Waals surface area contributed by atoms with Crippen molar-refractivity contribution in [1.82, 2.24) is 0 Å². The minimum atomic E-state index is 0.448. The maximum absolute atomic E-state index is 2.51. The van der Waals surface area contributed by atoms with Gasteiger partial charge in [0.2, 0.25) is 0 Å². The molecular formula is C14H21N. The highest BCUT2D eigenvalue weighted by Gasteiger charge is 2.31. The molecule has 1 aromatic rings. The topological polar surface area (TPSA) is 3.24 Å². The van der Waals surface area contributed by atoms with Crippen molar-refractivity contribution < 1.29 is 0 Å². The van der Waals surface area contributed by atoms with E-state index in [0.29, 0.717) is 5.41 Å². The van der Waals surface area contributed by atoms with E-state index in [1.165, 1.54) is 25.2 Å². The van der Waals surface area contributed by atoms with Crippen LogP contribution in [0.4, 0.5) is 5.69 Å². The Bertz CT molecular complexity index is 310. The molecule has 1 aromatic carbocycles. The Morgan fingerprint density at radius 1 is 1.13 bits per heavy atom. The van der Waals surface area contributed by atoms with Crippen LogP contribution in [0.25, 0.3) is 0 Å². The van der Waals surface area contributed by atoms with Gasteiger partial charge in [-0.1, -0.05) is 39.0 Å². The Labute approximate surface area is 93.1 Å². The number of para-hydroxylation sites is 1. The predicted molar refractivity (Wildman–Crippen MR) is 66.2 cm³/mol. The molecule has 0 aliphatic carbocycles. The lowest BCUT2D eigenvalue weighted by Crippen LogP contribution is -2.25. The molecular weight excluding hydrogens is 182 g/mol. The van der Waals surface area contributed by atoms with Crippen LogP contribution in [0, 0.1) is 11.3 Å². The predicted octanol–water partition coefficient (Wildman–Crippen LogP) is 3.56. The van der Waals surface area contributed by atoms with Crippen LogP contribution in [-0.2, 0) is 0 Å². The first-order chi connectivity index (χ1) is 7.07. The van der Waals surface area contributed by atoms with E-state index in [-0.39, 0.29) is 0 Å². The van der Waals surface area contributed by atoms with Gasteiger partial charge < -0.3 is 4.90 Å². The fraction of sp³-hybridized carbons (Fsp3) is 0.571. The molecule has 0 saturated carbocycles. The molecule has 0 spiro atoms. The molecule has 1 fully saturated rings. The quantitative estimate of drug-likeness (QED) is 0.674. The van der Waals surface area contributed by atoms with Crippen molar-refractivity contribution in [2.24, 2.45) is 11.3 Å². The molecule has 0 bridgehead atoms. The van der Waals surface area contributed by atoms with Crippen LogP contribution >= 0.6 is 0 Å². The maximum atomic E-state index is 2.51. The molecule has 1 unspecified atom stereocenters. The van der Waals surface area contributed by atoms with Gasteiger partial charge in [0.05, 0.1) is 0 Å². The monoisotopic (exact) mass is 203 g/mol. The molecule has 1 nitrogen and oxygen atoms in total. The third kappa shape index (κ3) is 2.34. The Morgan fingerprint density at radius 2 is 1.80 bits per heavy atom. The molecule has 2 rings (SSSR count). The van der Waals surface area contributed by atoms with Gasteiger partial charge in [0, 0.05) is 18.8 Å². The van der Waals surface area contributed by atoms with E-state index in [2.05, 4.69) is 56.0 Å². The fourth-order valence-corrected chi connectivity index (χ4v) is 2.34. The number of hydrogen-bond donors (Lipinski definition) is 0. The van der Waals surface area contributed by atoms with Gasteiger partial charge in [-0.05, 0) is 29.9 Å². The van der Waals surface area contributed by atoms with Crippen LogP contribution in [-0.4, -0.2) is 13.1 Å². The molecule has 0 aromatic heterocycles. The van der Waals surface area contributed by atoms with Crippen molar-refractivity contribution in [2.45, 2.75) is 27.2 Å². The SMILES string of the molecule is CC(C)(C)C1CCN(c2ccccc2)C1. The largest absolute Gasteiger partial charge is 0.371 e. The van der Waals surface area contributed by atoms with Crippen LogP contribution in [0.2, 0.25) is 0 Å². The maximum Gasteiger partial charge on any atom is 0.0366 e. The molecule has 1 aliphatic heterocycles. The second kappa shape index (κ2) is 3.88. The first-order valence-corrected chi connectivity index (χ1v) is 5.87.